The molecule has 6 rings (SSSR count). The summed E-state index contributed by atoms with van der Waals surface area (Å²) in [5, 5.41) is 78.1. The number of nitrogens with one attached hydrogen (secondary N) is 3. The van der Waals surface area contributed by atoms with E-state index in [-0.39, 0.29) is 5.75 Å². The number of anilines is 3. The second-order valence-corrected chi connectivity index (χ2v) is 11.7. The van der Waals surface area contributed by atoms with Gasteiger partial charge < -0.3 is 70.3 Å². The molecule has 0 spiro atoms. The van der Waals surface area contributed by atoms with Crippen LogP contribution in [0.4, 0.5) is 17.5 Å². The molecule has 17 nitrogen and oxygen atoms in total. The molecular weight excluding hydrogens is 608 g/mol. The van der Waals surface area contributed by atoms with Crippen molar-refractivity contribution < 1.29 is 54.7 Å². The summed E-state index contributed by atoms with van der Waals surface area (Å²) in [6, 6.07) is 6.92. The van der Waals surface area contributed by atoms with E-state index in [9.17, 15) is 35.7 Å². The molecule has 0 radical (unpaired) electrons. The van der Waals surface area contributed by atoms with Gasteiger partial charge >= 0.3 is 0 Å². The molecule has 2 saturated heterocycles. The molecule has 0 amide bonds. The Kier molecular flexibility index (Phi) is 10.1. The molecule has 252 valence electrons. The van der Waals surface area contributed by atoms with E-state index < -0.39 is 74.6 Å². The third kappa shape index (κ3) is 6.89. The van der Waals surface area contributed by atoms with Gasteiger partial charge in [-0.25, -0.2) is 4.98 Å². The van der Waals surface area contributed by atoms with Gasteiger partial charge in [-0.1, -0.05) is 19.3 Å². The Balaban J connectivity index is 1.09. The maximum absolute atomic E-state index is 10.9. The Morgan fingerprint density at radius 2 is 1.50 bits per heavy atom. The van der Waals surface area contributed by atoms with E-state index in [1.165, 1.54) is 19.3 Å². The molecule has 17 heteroatoms. The zero-order valence-electron chi connectivity index (χ0n) is 24.8. The molecule has 2 aliphatic heterocycles. The number of H-pyrrole nitrogens is 1. The highest BCUT2D eigenvalue weighted by atomic mass is 16.7. The van der Waals surface area contributed by atoms with Crippen molar-refractivity contribution in [1.82, 2.24) is 19.9 Å². The first-order valence-corrected chi connectivity index (χ1v) is 15.4. The fourth-order valence-electron chi connectivity index (χ4n) is 5.97. The van der Waals surface area contributed by atoms with E-state index in [2.05, 4.69) is 30.6 Å². The average molecular weight is 649 g/mol. The van der Waals surface area contributed by atoms with Crippen molar-refractivity contribution >= 4 is 28.6 Å². The van der Waals surface area contributed by atoms with Crippen molar-refractivity contribution in [3.8, 4) is 5.75 Å². The van der Waals surface area contributed by atoms with Crippen molar-refractivity contribution in [2.24, 2.45) is 0 Å². The lowest BCUT2D eigenvalue weighted by Gasteiger charge is -2.45. The Morgan fingerprint density at radius 3 is 2.22 bits per heavy atom. The fourth-order valence-corrected chi connectivity index (χ4v) is 5.97. The van der Waals surface area contributed by atoms with Gasteiger partial charge in [0.05, 0.1) is 19.5 Å². The number of hydrogen-bond donors (Lipinski definition) is 10. The minimum absolute atomic E-state index is 0.273. The van der Waals surface area contributed by atoms with E-state index in [1.807, 2.05) is 0 Å². The number of aromatic nitrogens is 4. The maximum atomic E-state index is 10.9. The highest BCUT2D eigenvalue weighted by Gasteiger charge is 2.51. The van der Waals surface area contributed by atoms with Crippen LogP contribution in [0.1, 0.15) is 32.1 Å². The molecule has 3 aliphatic rings. The number of fused-ring (bicyclic) bond motifs is 1. The van der Waals surface area contributed by atoms with Gasteiger partial charge in [0.25, 0.3) is 0 Å². The largest absolute Gasteiger partial charge is 0.462 e. The maximum Gasteiger partial charge on any atom is 0.231 e. The highest BCUT2D eigenvalue weighted by molar-refractivity contribution is 5.84. The van der Waals surface area contributed by atoms with E-state index >= 15 is 0 Å². The van der Waals surface area contributed by atoms with Crippen LogP contribution in [0.25, 0.3) is 11.2 Å². The number of nitrogens with zero attached hydrogens (tertiary/aromatic N) is 3. The van der Waals surface area contributed by atoms with Crippen LogP contribution in [0, 0.1) is 0 Å². The predicted molar refractivity (Wildman–Crippen MR) is 159 cm³/mol. The topological polar surface area (TPSA) is 257 Å². The molecule has 2 aromatic heterocycles. The molecular formula is C29H40N6O11. The Morgan fingerprint density at radius 1 is 0.804 bits per heavy atom. The zero-order chi connectivity index (χ0) is 32.4. The summed E-state index contributed by atoms with van der Waals surface area (Å²) in [6.07, 6.45) is -8.10. The summed E-state index contributed by atoms with van der Waals surface area (Å²) in [5.41, 5.74) is 1.89. The normalized spacial score (nSPS) is 34.0. The quantitative estimate of drug-likeness (QED) is 0.124. The van der Waals surface area contributed by atoms with E-state index in [4.69, 9.17) is 18.9 Å². The number of rotatable bonds is 10. The van der Waals surface area contributed by atoms with Crippen LogP contribution in [-0.4, -0.2) is 136 Å². The molecule has 1 saturated carbocycles. The van der Waals surface area contributed by atoms with Gasteiger partial charge in [0.1, 0.15) is 60.1 Å². The van der Waals surface area contributed by atoms with Crippen LogP contribution in [0.15, 0.2) is 30.6 Å². The number of aromatic amines is 1. The lowest BCUT2D eigenvalue weighted by molar-refractivity contribution is -0.352. The Bertz CT molecular complexity index is 1420. The first kappa shape index (κ1) is 32.7. The van der Waals surface area contributed by atoms with Crippen molar-refractivity contribution in [2.75, 3.05) is 23.8 Å². The summed E-state index contributed by atoms with van der Waals surface area (Å²) in [6.45, 7) is -1.36. The molecule has 0 bridgehead atoms. The number of aliphatic hydroxyl groups excluding tert-OH is 7. The minimum Gasteiger partial charge on any atom is -0.462 e. The monoisotopic (exact) mass is 648 g/mol. The second-order valence-electron chi connectivity index (χ2n) is 11.7. The van der Waals surface area contributed by atoms with Crippen LogP contribution < -0.4 is 15.4 Å². The fraction of sp³-hybridized carbons (Fsp3) is 0.621. The van der Waals surface area contributed by atoms with Gasteiger partial charge in [-0.15, -0.1) is 0 Å². The van der Waals surface area contributed by atoms with Crippen LogP contribution >= 0.6 is 0 Å². The minimum atomic E-state index is -1.76. The molecule has 3 aromatic rings. The zero-order valence-corrected chi connectivity index (χ0v) is 24.8. The van der Waals surface area contributed by atoms with Crippen molar-refractivity contribution in [1.29, 1.82) is 0 Å². The molecule has 1 aromatic carbocycles. The number of ether oxygens (including phenoxy) is 4. The number of imidazole rings is 1. The standard InChI is InChI=1S/C29H40N6O11/c36-10-16-19(38)20(39)22(41)28(44-16)46-24-17(11-37)45-27(23(42)21(24)40)43-15-8-6-14(7-9-15)33-29-34-25-18(30-12-31-25)26(35-29)32-13-4-2-1-3-5-13/h6-9,12-13,16-17,19-24,27-28,36-42H,1-5,10-11H2,(H3,30,31,32,33,34,35)/t16-,17-,19+,20+,21-,22-,23-,24-,27-,28+/m1/s1. The molecule has 46 heavy (non-hydrogen) atoms. The lowest BCUT2D eigenvalue weighted by atomic mass is 9.95. The van der Waals surface area contributed by atoms with Crippen LogP contribution in [0.2, 0.25) is 0 Å². The summed E-state index contributed by atoms with van der Waals surface area (Å²) in [4.78, 5) is 16.6. The SMILES string of the molecule is OC[C@H]1O[C@@H](O[C@H]2[C@H](O)[C@@H](O)[C@H](Oc3ccc(Nc4nc(NC5CCCCC5)c5[nH]cnc5n4)cc3)O[C@@H]2CO)[C@H](O)[C@@H](O)[C@H]1O. The number of benzene rings is 1. The Labute approximate surface area is 263 Å². The number of hydrogen-bond acceptors (Lipinski definition) is 16. The van der Waals surface area contributed by atoms with Gasteiger partial charge in [0.2, 0.25) is 12.2 Å². The van der Waals surface area contributed by atoms with Crippen LogP contribution in [0.3, 0.4) is 0 Å². The molecule has 4 heterocycles. The third-order valence-electron chi connectivity index (χ3n) is 8.55. The summed E-state index contributed by atoms with van der Waals surface area (Å²) in [5.74, 6) is 1.29. The lowest BCUT2D eigenvalue weighted by Crippen LogP contribution is -2.65. The number of aliphatic hydroxyl groups is 7. The first-order chi connectivity index (χ1) is 22.2. The molecule has 1 aliphatic carbocycles. The van der Waals surface area contributed by atoms with Gasteiger partial charge in [0.15, 0.2) is 17.8 Å². The first-order valence-electron chi connectivity index (χ1n) is 15.4. The predicted octanol–water partition coefficient (Wildman–Crippen LogP) is -1.16. The molecule has 3 fully saturated rings. The van der Waals surface area contributed by atoms with E-state index in [1.54, 1.807) is 30.6 Å². The third-order valence-corrected chi connectivity index (χ3v) is 8.55. The highest BCUT2D eigenvalue weighted by Crippen LogP contribution is 2.31. The molecule has 0 unspecified atom stereocenters. The summed E-state index contributed by atoms with van der Waals surface area (Å²) >= 11 is 0. The van der Waals surface area contributed by atoms with Crippen LogP contribution in [-0.2, 0) is 14.2 Å². The van der Waals surface area contributed by atoms with Gasteiger partial charge in [-0.2, -0.15) is 9.97 Å². The molecule has 10 N–H and O–H groups in total. The average Bonchev–Trinajstić information content (AvgIpc) is 3.55. The van der Waals surface area contributed by atoms with E-state index in [0.29, 0.717) is 29.1 Å². The second kappa shape index (κ2) is 14.3. The molecule has 10 atom stereocenters. The van der Waals surface area contributed by atoms with Crippen molar-refractivity contribution in [3.63, 3.8) is 0 Å². The van der Waals surface area contributed by atoms with Crippen molar-refractivity contribution in [2.45, 2.75) is 99.6 Å². The van der Waals surface area contributed by atoms with Gasteiger partial charge in [-0.05, 0) is 37.1 Å². The van der Waals surface area contributed by atoms with E-state index in [0.717, 1.165) is 18.4 Å². The summed E-state index contributed by atoms with van der Waals surface area (Å²) in [7, 11) is 0. The van der Waals surface area contributed by atoms with Gasteiger partial charge in [0, 0.05) is 11.7 Å². The smallest absolute Gasteiger partial charge is 0.231 e. The Hall–Kier alpha value is -3.23. The van der Waals surface area contributed by atoms with Gasteiger partial charge in [-0.3, -0.25) is 0 Å². The summed E-state index contributed by atoms with van der Waals surface area (Å²) < 4.78 is 22.4. The van der Waals surface area contributed by atoms with Crippen LogP contribution in [0.5, 0.6) is 5.75 Å². The van der Waals surface area contributed by atoms with Crippen molar-refractivity contribution in [3.05, 3.63) is 30.6 Å².